The number of carbonyl (C=O) groups excluding carboxylic acids is 1. The molecule has 8 heteroatoms. The Bertz CT molecular complexity index is 572. The number of H-pyrrole nitrogens is 1. The van der Waals surface area contributed by atoms with E-state index in [0.717, 1.165) is 0 Å². The Labute approximate surface area is 119 Å². The fourth-order valence-corrected chi connectivity index (χ4v) is 1.73. The number of urea groups is 1. The monoisotopic (exact) mass is 299 g/mol. The van der Waals surface area contributed by atoms with Gasteiger partial charge in [0.25, 0.3) is 0 Å². The largest absolute Gasteiger partial charge is 0.328 e. The molecule has 3 N–H and O–H groups in total. The molecule has 1 heterocycles. The van der Waals surface area contributed by atoms with Crippen LogP contribution in [0.3, 0.4) is 0 Å². The van der Waals surface area contributed by atoms with Crippen molar-refractivity contribution in [3.63, 3.8) is 0 Å². The van der Waals surface area contributed by atoms with E-state index >= 15 is 0 Å². The van der Waals surface area contributed by atoms with Crippen molar-refractivity contribution in [1.82, 2.24) is 20.5 Å². The van der Waals surface area contributed by atoms with Crippen LogP contribution in [-0.4, -0.2) is 21.2 Å². The number of benzene rings is 1. The molecule has 1 aromatic heterocycles. The van der Waals surface area contributed by atoms with Crippen molar-refractivity contribution >= 4 is 34.9 Å². The van der Waals surface area contributed by atoms with E-state index in [1.54, 1.807) is 25.1 Å². The molecule has 0 aliphatic heterocycles. The number of halogens is 2. The summed E-state index contributed by atoms with van der Waals surface area (Å²) in [5, 5.41) is 12.6. The lowest BCUT2D eigenvalue weighted by molar-refractivity contribution is 0.249. The zero-order valence-electron chi connectivity index (χ0n) is 9.95. The van der Waals surface area contributed by atoms with Crippen LogP contribution in [0.15, 0.2) is 24.5 Å². The number of anilines is 1. The summed E-state index contributed by atoms with van der Waals surface area (Å²) in [7, 11) is 0. The van der Waals surface area contributed by atoms with Gasteiger partial charge in [-0.2, -0.15) is 5.10 Å². The number of hydrogen-bond donors (Lipinski definition) is 3. The first-order chi connectivity index (χ1) is 9.06. The number of rotatable bonds is 3. The molecule has 6 nitrogen and oxygen atoms in total. The minimum atomic E-state index is -0.373. The molecule has 1 unspecified atom stereocenters. The van der Waals surface area contributed by atoms with Crippen LogP contribution in [-0.2, 0) is 0 Å². The van der Waals surface area contributed by atoms with Gasteiger partial charge in [0, 0.05) is 5.69 Å². The van der Waals surface area contributed by atoms with Crippen molar-refractivity contribution in [2.24, 2.45) is 0 Å². The summed E-state index contributed by atoms with van der Waals surface area (Å²) >= 11 is 11.6. The molecule has 0 spiro atoms. The summed E-state index contributed by atoms with van der Waals surface area (Å²) in [6.07, 6.45) is 1.38. The van der Waals surface area contributed by atoms with Gasteiger partial charge < -0.3 is 10.6 Å². The third kappa shape index (κ3) is 3.59. The van der Waals surface area contributed by atoms with E-state index in [9.17, 15) is 4.79 Å². The normalized spacial score (nSPS) is 11.9. The Hall–Kier alpha value is -1.79. The Kier molecular flexibility index (Phi) is 4.24. The molecule has 100 valence electrons. The van der Waals surface area contributed by atoms with Crippen LogP contribution in [0, 0.1) is 0 Å². The van der Waals surface area contributed by atoms with Crippen molar-refractivity contribution in [2.75, 3.05) is 5.32 Å². The Balaban J connectivity index is 1.95. The molecule has 0 aliphatic carbocycles. The smallest absolute Gasteiger partial charge is 0.319 e. The first-order valence-electron chi connectivity index (χ1n) is 5.44. The number of nitrogens with one attached hydrogen (secondary N) is 3. The number of hydrogen-bond acceptors (Lipinski definition) is 3. The van der Waals surface area contributed by atoms with Crippen LogP contribution >= 0.6 is 23.2 Å². The van der Waals surface area contributed by atoms with Crippen LogP contribution in [0.5, 0.6) is 0 Å². The molecule has 2 rings (SSSR count). The van der Waals surface area contributed by atoms with Gasteiger partial charge in [0.2, 0.25) is 0 Å². The van der Waals surface area contributed by atoms with E-state index in [1.807, 2.05) is 0 Å². The van der Waals surface area contributed by atoms with Gasteiger partial charge >= 0.3 is 6.03 Å². The number of carbonyl (C=O) groups is 1. The topological polar surface area (TPSA) is 82.7 Å². The van der Waals surface area contributed by atoms with Gasteiger partial charge in [-0.25, -0.2) is 9.78 Å². The lowest BCUT2D eigenvalue weighted by Crippen LogP contribution is -2.31. The molecule has 0 aliphatic rings. The summed E-state index contributed by atoms with van der Waals surface area (Å²) in [4.78, 5) is 15.7. The number of amides is 2. The van der Waals surface area contributed by atoms with E-state index in [2.05, 4.69) is 25.8 Å². The molecule has 0 radical (unpaired) electrons. The molecule has 1 atom stereocenters. The molecule has 0 saturated heterocycles. The van der Waals surface area contributed by atoms with Crippen LogP contribution in [0.1, 0.15) is 18.8 Å². The minimum absolute atomic E-state index is 0.287. The molecule has 0 saturated carbocycles. The van der Waals surface area contributed by atoms with Gasteiger partial charge in [-0.05, 0) is 25.1 Å². The highest BCUT2D eigenvalue weighted by Gasteiger charge is 2.12. The highest BCUT2D eigenvalue weighted by molar-refractivity contribution is 6.42. The van der Waals surface area contributed by atoms with Crippen LogP contribution in [0.25, 0.3) is 0 Å². The van der Waals surface area contributed by atoms with Crippen molar-refractivity contribution < 1.29 is 4.79 Å². The third-order valence-corrected chi connectivity index (χ3v) is 3.11. The molecule has 19 heavy (non-hydrogen) atoms. The molecular formula is C11H11Cl2N5O. The fraction of sp³-hybridized carbons (Fsp3) is 0.182. The SMILES string of the molecule is CC(NC(=O)Nc1ccc(Cl)c(Cl)c1)c1ncn[nH]1. The van der Waals surface area contributed by atoms with Gasteiger partial charge in [-0.15, -0.1) is 0 Å². The van der Waals surface area contributed by atoms with E-state index in [-0.39, 0.29) is 12.1 Å². The van der Waals surface area contributed by atoms with E-state index in [0.29, 0.717) is 21.6 Å². The second-order valence-corrected chi connectivity index (χ2v) is 4.63. The summed E-state index contributed by atoms with van der Waals surface area (Å²) in [6, 6.07) is 4.18. The fourth-order valence-electron chi connectivity index (χ4n) is 1.43. The number of aromatic nitrogens is 3. The van der Waals surface area contributed by atoms with E-state index in [4.69, 9.17) is 23.2 Å². The lowest BCUT2D eigenvalue weighted by Gasteiger charge is -2.12. The summed E-state index contributed by atoms with van der Waals surface area (Å²) in [6.45, 7) is 1.79. The standard InChI is InChI=1S/C11H11Cl2N5O/c1-6(10-14-5-15-18-10)16-11(19)17-7-2-3-8(12)9(13)4-7/h2-6H,1H3,(H,14,15,18)(H2,16,17,19). The second-order valence-electron chi connectivity index (χ2n) is 3.82. The quantitative estimate of drug-likeness (QED) is 0.815. The van der Waals surface area contributed by atoms with Gasteiger partial charge in [-0.1, -0.05) is 23.2 Å². The van der Waals surface area contributed by atoms with Crippen molar-refractivity contribution in [2.45, 2.75) is 13.0 Å². The van der Waals surface area contributed by atoms with Gasteiger partial charge in [0.1, 0.15) is 12.2 Å². The van der Waals surface area contributed by atoms with Crippen molar-refractivity contribution in [3.05, 3.63) is 40.4 Å². The van der Waals surface area contributed by atoms with Crippen molar-refractivity contribution in [1.29, 1.82) is 0 Å². The molecular weight excluding hydrogens is 289 g/mol. The maximum absolute atomic E-state index is 11.8. The number of aromatic amines is 1. The van der Waals surface area contributed by atoms with Crippen molar-refractivity contribution in [3.8, 4) is 0 Å². The van der Waals surface area contributed by atoms with Crippen LogP contribution in [0.2, 0.25) is 10.0 Å². The van der Waals surface area contributed by atoms with Gasteiger partial charge in [-0.3, -0.25) is 5.10 Å². The first kappa shape index (κ1) is 13.6. The lowest BCUT2D eigenvalue weighted by atomic mass is 10.3. The zero-order chi connectivity index (χ0) is 13.8. The van der Waals surface area contributed by atoms with Crippen LogP contribution in [0.4, 0.5) is 10.5 Å². The summed E-state index contributed by atoms with van der Waals surface area (Å²) in [5.41, 5.74) is 0.552. The first-order valence-corrected chi connectivity index (χ1v) is 6.19. The van der Waals surface area contributed by atoms with E-state index in [1.165, 1.54) is 6.33 Å². The highest BCUT2D eigenvalue weighted by Crippen LogP contribution is 2.24. The predicted octanol–water partition coefficient (Wildman–Crippen LogP) is 2.99. The van der Waals surface area contributed by atoms with Crippen LogP contribution < -0.4 is 10.6 Å². The second kappa shape index (κ2) is 5.90. The molecule has 0 fully saturated rings. The average molecular weight is 300 g/mol. The molecule has 0 bridgehead atoms. The number of nitrogens with zero attached hydrogens (tertiary/aromatic N) is 2. The minimum Gasteiger partial charge on any atom is -0.328 e. The molecule has 1 aromatic carbocycles. The zero-order valence-corrected chi connectivity index (χ0v) is 11.5. The van der Waals surface area contributed by atoms with Gasteiger partial charge in [0.05, 0.1) is 16.1 Å². The average Bonchev–Trinajstić information content (AvgIpc) is 2.87. The highest BCUT2D eigenvalue weighted by atomic mass is 35.5. The summed E-state index contributed by atoms with van der Waals surface area (Å²) in [5.74, 6) is 0.573. The van der Waals surface area contributed by atoms with Gasteiger partial charge in [0.15, 0.2) is 0 Å². The summed E-state index contributed by atoms with van der Waals surface area (Å²) < 4.78 is 0. The predicted molar refractivity (Wildman–Crippen MR) is 73.4 cm³/mol. The Morgan fingerprint density at radius 2 is 2.16 bits per heavy atom. The Morgan fingerprint density at radius 1 is 1.37 bits per heavy atom. The maximum atomic E-state index is 11.8. The molecule has 2 aromatic rings. The third-order valence-electron chi connectivity index (χ3n) is 2.37. The molecule has 2 amide bonds. The Morgan fingerprint density at radius 3 is 2.79 bits per heavy atom. The van der Waals surface area contributed by atoms with E-state index < -0.39 is 0 Å². The maximum Gasteiger partial charge on any atom is 0.319 e.